The predicted octanol–water partition coefficient (Wildman–Crippen LogP) is 2.96. The average Bonchev–Trinajstić information content (AvgIpc) is 2.15. The Labute approximate surface area is 89.4 Å². The van der Waals surface area contributed by atoms with Crippen LogP contribution in [0, 0.1) is 11.8 Å². The fourth-order valence-corrected chi connectivity index (χ4v) is 3.71. The average molecular weight is 218 g/mol. The molecular weight excluding hydrogens is 200 g/mol. The maximum absolute atomic E-state index is 9.16. The molecule has 1 fully saturated rings. The molecule has 0 amide bonds. The molecule has 0 aromatic carbocycles. The van der Waals surface area contributed by atoms with Gasteiger partial charge in [0.25, 0.3) is 0 Å². The number of rotatable bonds is 3. The summed E-state index contributed by atoms with van der Waals surface area (Å²) in [7, 11) is 0. The molecule has 3 heteroatoms. The number of thioether (sulfide) groups is 2. The lowest BCUT2D eigenvalue weighted by Crippen LogP contribution is -2.11. The van der Waals surface area contributed by atoms with Gasteiger partial charge < -0.3 is 5.11 Å². The summed E-state index contributed by atoms with van der Waals surface area (Å²) < 4.78 is 1.42. The lowest BCUT2D eigenvalue weighted by atomic mass is 9.97. The second kappa shape index (κ2) is 5.99. The van der Waals surface area contributed by atoms with Crippen molar-refractivity contribution in [3.05, 3.63) is 10.3 Å². The second-order valence-electron chi connectivity index (χ2n) is 3.63. The molecule has 0 radical (unpaired) electrons. The van der Waals surface area contributed by atoms with E-state index in [0.717, 1.165) is 0 Å². The smallest absolute Gasteiger partial charge is 0.0496 e. The first-order chi connectivity index (χ1) is 6.24. The molecule has 1 heterocycles. The fourth-order valence-electron chi connectivity index (χ4n) is 1.17. The minimum Gasteiger partial charge on any atom is -0.396 e. The zero-order valence-electron chi connectivity index (χ0n) is 8.32. The van der Waals surface area contributed by atoms with Gasteiger partial charge in [0.05, 0.1) is 0 Å². The maximum atomic E-state index is 9.16. The van der Waals surface area contributed by atoms with Crippen LogP contribution in [0.25, 0.3) is 0 Å². The van der Waals surface area contributed by atoms with E-state index in [1.165, 1.54) is 22.2 Å². The number of hydrogen-bond acceptors (Lipinski definition) is 3. The molecule has 0 bridgehead atoms. The first-order valence-corrected chi connectivity index (χ1v) is 6.79. The molecule has 0 aromatic heterocycles. The molecule has 1 aliphatic rings. The Morgan fingerprint density at radius 3 is 2.46 bits per heavy atom. The van der Waals surface area contributed by atoms with E-state index >= 15 is 0 Å². The second-order valence-corrected chi connectivity index (χ2v) is 6.16. The highest BCUT2D eigenvalue weighted by Gasteiger charge is 2.13. The lowest BCUT2D eigenvalue weighted by Gasteiger charge is -2.18. The number of hydrogen-bond donors (Lipinski definition) is 1. The van der Waals surface area contributed by atoms with Crippen LogP contribution in [-0.2, 0) is 0 Å². The van der Waals surface area contributed by atoms with Gasteiger partial charge in [0.15, 0.2) is 0 Å². The Morgan fingerprint density at radius 1 is 1.38 bits per heavy atom. The third-order valence-electron chi connectivity index (χ3n) is 2.19. The Hall–Kier alpha value is 0.400. The summed E-state index contributed by atoms with van der Waals surface area (Å²) in [5.41, 5.74) is 0. The van der Waals surface area contributed by atoms with E-state index in [2.05, 4.69) is 19.9 Å². The summed E-state index contributed by atoms with van der Waals surface area (Å²) in [6.07, 6.45) is 3.57. The Morgan fingerprint density at radius 2 is 2.00 bits per heavy atom. The van der Waals surface area contributed by atoms with Gasteiger partial charge in [-0.25, -0.2) is 0 Å². The molecule has 76 valence electrons. The Kier molecular flexibility index (Phi) is 5.29. The van der Waals surface area contributed by atoms with E-state index in [4.69, 9.17) is 5.11 Å². The van der Waals surface area contributed by atoms with Gasteiger partial charge in [-0.2, -0.15) is 0 Å². The van der Waals surface area contributed by atoms with E-state index in [1.54, 1.807) is 0 Å². The Balaban J connectivity index is 2.49. The highest BCUT2D eigenvalue weighted by atomic mass is 32.2. The molecular formula is C10H18OS2. The quantitative estimate of drug-likeness (QED) is 0.786. The van der Waals surface area contributed by atoms with Crippen molar-refractivity contribution in [2.24, 2.45) is 11.8 Å². The SMILES string of the molecule is CC(C)[C@@H](C=C1SCCCS1)CO. The van der Waals surface area contributed by atoms with E-state index < -0.39 is 0 Å². The normalized spacial score (nSPS) is 20.5. The minimum atomic E-state index is 0.280. The highest BCUT2D eigenvalue weighted by Crippen LogP contribution is 2.36. The van der Waals surface area contributed by atoms with Crippen molar-refractivity contribution in [1.29, 1.82) is 0 Å². The molecule has 0 aliphatic carbocycles. The summed E-state index contributed by atoms with van der Waals surface area (Å²) in [6.45, 7) is 4.61. The van der Waals surface area contributed by atoms with Crippen molar-refractivity contribution < 1.29 is 5.11 Å². The maximum Gasteiger partial charge on any atom is 0.0496 e. The molecule has 1 saturated heterocycles. The monoisotopic (exact) mass is 218 g/mol. The molecule has 0 unspecified atom stereocenters. The standard InChI is InChI=1S/C10H18OS2/c1-8(2)9(7-11)6-10-12-4-3-5-13-10/h6,8-9,11H,3-5,7H2,1-2H3/t9-/m0/s1. The summed E-state index contributed by atoms with van der Waals surface area (Å²) in [5.74, 6) is 3.37. The van der Waals surface area contributed by atoms with Gasteiger partial charge >= 0.3 is 0 Å². The van der Waals surface area contributed by atoms with E-state index in [0.29, 0.717) is 11.8 Å². The van der Waals surface area contributed by atoms with Gasteiger partial charge in [0, 0.05) is 16.8 Å². The van der Waals surface area contributed by atoms with Crippen LogP contribution >= 0.6 is 23.5 Å². The van der Waals surface area contributed by atoms with E-state index in [9.17, 15) is 0 Å². The van der Waals surface area contributed by atoms with Crippen LogP contribution in [-0.4, -0.2) is 23.2 Å². The molecule has 0 spiro atoms. The van der Waals surface area contributed by atoms with Crippen LogP contribution in [0.5, 0.6) is 0 Å². The van der Waals surface area contributed by atoms with Crippen molar-refractivity contribution in [2.45, 2.75) is 20.3 Å². The first kappa shape index (κ1) is 11.5. The molecule has 1 rings (SSSR count). The van der Waals surface area contributed by atoms with Gasteiger partial charge in [-0.15, -0.1) is 23.5 Å². The number of aliphatic hydroxyl groups excluding tert-OH is 1. The topological polar surface area (TPSA) is 20.2 Å². The van der Waals surface area contributed by atoms with Crippen LogP contribution in [0.2, 0.25) is 0 Å². The van der Waals surface area contributed by atoms with E-state index in [1.807, 2.05) is 23.5 Å². The van der Waals surface area contributed by atoms with Crippen molar-refractivity contribution in [1.82, 2.24) is 0 Å². The van der Waals surface area contributed by atoms with Crippen LogP contribution in [0.1, 0.15) is 20.3 Å². The van der Waals surface area contributed by atoms with Crippen LogP contribution < -0.4 is 0 Å². The largest absolute Gasteiger partial charge is 0.396 e. The van der Waals surface area contributed by atoms with Crippen LogP contribution in [0.15, 0.2) is 10.3 Å². The third-order valence-corrected chi connectivity index (χ3v) is 4.73. The summed E-state index contributed by atoms with van der Waals surface area (Å²) in [5, 5.41) is 9.16. The minimum absolute atomic E-state index is 0.280. The molecule has 0 aromatic rings. The summed E-state index contributed by atoms with van der Waals surface area (Å²) >= 11 is 3.87. The Bertz CT molecular complexity index is 170. The van der Waals surface area contributed by atoms with E-state index in [-0.39, 0.29) is 6.61 Å². The molecule has 1 atom stereocenters. The van der Waals surface area contributed by atoms with Gasteiger partial charge in [-0.3, -0.25) is 0 Å². The molecule has 1 aliphatic heterocycles. The summed E-state index contributed by atoms with van der Waals surface area (Å²) in [4.78, 5) is 0. The summed E-state index contributed by atoms with van der Waals surface area (Å²) in [6, 6.07) is 0. The highest BCUT2D eigenvalue weighted by molar-refractivity contribution is 8.22. The third kappa shape index (κ3) is 3.96. The fraction of sp³-hybridized carbons (Fsp3) is 0.800. The van der Waals surface area contributed by atoms with Crippen LogP contribution in [0.4, 0.5) is 0 Å². The van der Waals surface area contributed by atoms with Crippen molar-refractivity contribution in [2.75, 3.05) is 18.1 Å². The van der Waals surface area contributed by atoms with Gasteiger partial charge in [0.1, 0.15) is 0 Å². The molecule has 1 nitrogen and oxygen atoms in total. The number of aliphatic hydroxyl groups is 1. The van der Waals surface area contributed by atoms with Crippen molar-refractivity contribution >= 4 is 23.5 Å². The molecule has 13 heavy (non-hydrogen) atoms. The molecule has 0 saturated carbocycles. The molecule has 1 N–H and O–H groups in total. The zero-order valence-corrected chi connectivity index (χ0v) is 9.96. The lowest BCUT2D eigenvalue weighted by molar-refractivity contribution is 0.221. The zero-order chi connectivity index (χ0) is 9.68. The van der Waals surface area contributed by atoms with Gasteiger partial charge in [0.2, 0.25) is 0 Å². The predicted molar refractivity (Wildman–Crippen MR) is 63.0 cm³/mol. The van der Waals surface area contributed by atoms with Gasteiger partial charge in [-0.05, 0) is 23.8 Å². The van der Waals surface area contributed by atoms with Crippen molar-refractivity contribution in [3.63, 3.8) is 0 Å². The van der Waals surface area contributed by atoms with Crippen LogP contribution in [0.3, 0.4) is 0 Å². The first-order valence-electron chi connectivity index (χ1n) is 4.82. The van der Waals surface area contributed by atoms with Crippen molar-refractivity contribution in [3.8, 4) is 0 Å². The van der Waals surface area contributed by atoms with Gasteiger partial charge in [-0.1, -0.05) is 19.9 Å².